The van der Waals surface area contributed by atoms with E-state index >= 15 is 0 Å². The van der Waals surface area contributed by atoms with Crippen molar-refractivity contribution in [2.45, 2.75) is 18.9 Å². The van der Waals surface area contributed by atoms with Crippen LogP contribution in [-0.4, -0.2) is 22.8 Å². The number of nitrogens with zero attached hydrogens (tertiary/aromatic N) is 1. The molecular formula is C10H12N4O2. The standard InChI is InChI=1S/C10H12N4O2/c11-9-6(2-1-5-12-9)13-7-3-4-8(15)14-10(7)16/h1-2,5,7,13H,3-4H2,(H2,11,12)(H,14,15,16). The number of rotatable bonds is 2. The van der Waals surface area contributed by atoms with Crippen LogP contribution in [0.15, 0.2) is 18.3 Å². The van der Waals surface area contributed by atoms with E-state index in [-0.39, 0.29) is 11.8 Å². The average molecular weight is 220 g/mol. The first kappa shape index (κ1) is 10.4. The van der Waals surface area contributed by atoms with Gasteiger partial charge in [0, 0.05) is 12.6 Å². The Morgan fingerprint density at radius 3 is 3.00 bits per heavy atom. The maximum Gasteiger partial charge on any atom is 0.249 e. The molecule has 1 aromatic heterocycles. The molecule has 1 aliphatic heterocycles. The van der Waals surface area contributed by atoms with Gasteiger partial charge in [-0.2, -0.15) is 0 Å². The predicted molar refractivity (Wildman–Crippen MR) is 58.4 cm³/mol. The van der Waals surface area contributed by atoms with Gasteiger partial charge in [-0.3, -0.25) is 14.9 Å². The van der Waals surface area contributed by atoms with Gasteiger partial charge in [0.05, 0.1) is 5.69 Å². The molecular weight excluding hydrogens is 208 g/mol. The number of carbonyl (C=O) groups excluding carboxylic acids is 2. The van der Waals surface area contributed by atoms with Crippen molar-refractivity contribution in [1.82, 2.24) is 10.3 Å². The first-order chi connectivity index (χ1) is 7.66. The van der Waals surface area contributed by atoms with Crippen molar-refractivity contribution in [3.63, 3.8) is 0 Å². The van der Waals surface area contributed by atoms with Crippen LogP contribution in [0.1, 0.15) is 12.8 Å². The molecule has 0 aliphatic carbocycles. The molecule has 84 valence electrons. The molecule has 1 aromatic rings. The van der Waals surface area contributed by atoms with Gasteiger partial charge in [0.2, 0.25) is 11.8 Å². The number of nitrogens with two attached hydrogens (primary N) is 1. The molecule has 0 spiro atoms. The van der Waals surface area contributed by atoms with Crippen LogP contribution >= 0.6 is 0 Å². The quantitative estimate of drug-likeness (QED) is 0.604. The lowest BCUT2D eigenvalue weighted by Crippen LogP contribution is -2.47. The summed E-state index contributed by atoms with van der Waals surface area (Å²) in [6.07, 6.45) is 2.38. The lowest BCUT2D eigenvalue weighted by Gasteiger charge is -2.23. The lowest BCUT2D eigenvalue weighted by molar-refractivity contribution is -0.133. The van der Waals surface area contributed by atoms with E-state index in [0.717, 1.165) is 0 Å². The summed E-state index contributed by atoms with van der Waals surface area (Å²) in [5.41, 5.74) is 6.25. The highest BCUT2D eigenvalue weighted by Gasteiger charge is 2.26. The minimum Gasteiger partial charge on any atom is -0.382 e. The molecule has 0 saturated carbocycles. The van der Waals surface area contributed by atoms with Crippen LogP contribution < -0.4 is 16.4 Å². The number of carbonyl (C=O) groups is 2. The lowest BCUT2D eigenvalue weighted by atomic mass is 10.1. The first-order valence-corrected chi connectivity index (χ1v) is 4.97. The Morgan fingerprint density at radius 2 is 2.31 bits per heavy atom. The smallest absolute Gasteiger partial charge is 0.249 e. The zero-order valence-electron chi connectivity index (χ0n) is 8.56. The molecule has 16 heavy (non-hydrogen) atoms. The fourth-order valence-electron chi connectivity index (χ4n) is 1.56. The van der Waals surface area contributed by atoms with E-state index < -0.39 is 6.04 Å². The Morgan fingerprint density at radius 1 is 1.50 bits per heavy atom. The number of nitrogen functional groups attached to an aromatic ring is 1. The van der Waals surface area contributed by atoms with Crippen molar-refractivity contribution in [3.8, 4) is 0 Å². The monoisotopic (exact) mass is 220 g/mol. The van der Waals surface area contributed by atoms with E-state index in [4.69, 9.17) is 5.73 Å². The number of amides is 2. The van der Waals surface area contributed by atoms with Gasteiger partial charge in [0.1, 0.15) is 11.9 Å². The van der Waals surface area contributed by atoms with Crippen LogP contribution in [-0.2, 0) is 9.59 Å². The highest BCUT2D eigenvalue weighted by Crippen LogP contribution is 2.17. The topological polar surface area (TPSA) is 97.1 Å². The van der Waals surface area contributed by atoms with Gasteiger partial charge in [-0.15, -0.1) is 0 Å². The van der Waals surface area contributed by atoms with Gasteiger partial charge in [-0.1, -0.05) is 0 Å². The van der Waals surface area contributed by atoms with Crippen LogP contribution in [0.25, 0.3) is 0 Å². The van der Waals surface area contributed by atoms with Crippen LogP contribution in [0, 0.1) is 0 Å². The number of piperidine rings is 1. The third-order valence-electron chi connectivity index (χ3n) is 2.41. The molecule has 1 saturated heterocycles. The van der Waals surface area contributed by atoms with Gasteiger partial charge >= 0.3 is 0 Å². The number of hydrogen-bond acceptors (Lipinski definition) is 5. The van der Waals surface area contributed by atoms with Crippen molar-refractivity contribution in [1.29, 1.82) is 0 Å². The van der Waals surface area contributed by atoms with Gasteiger partial charge < -0.3 is 11.1 Å². The summed E-state index contributed by atoms with van der Waals surface area (Å²) in [4.78, 5) is 26.3. The van der Waals surface area contributed by atoms with E-state index in [2.05, 4.69) is 15.6 Å². The molecule has 1 aliphatic rings. The fourth-order valence-corrected chi connectivity index (χ4v) is 1.56. The van der Waals surface area contributed by atoms with E-state index in [1.807, 2.05) is 0 Å². The summed E-state index contributed by atoms with van der Waals surface area (Å²) in [6.45, 7) is 0. The van der Waals surface area contributed by atoms with E-state index in [1.54, 1.807) is 18.3 Å². The molecule has 2 rings (SSSR count). The highest BCUT2D eigenvalue weighted by molar-refractivity contribution is 6.01. The Balaban J connectivity index is 2.08. The maximum atomic E-state index is 11.5. The summed E-state index contributed by atoms with van der Waals surface area (Å²) in [6, 6.07) is 3.04. The summed E-state index contributed by atoms with van der Waals surface area (Å²) >= 11 is 0. The number of aromatic nitrogens is 1. The molecule has 4 N–H and O–H groups in total. The predicted octanol–water partition coefficient (Wildman–Crippen LogP) is -0.119. The Kier molecular flexibility index (Phi) is 2.72. The summed E-state index contributed by atoms with van der Waals surface area (Å²) < 4.78 is 0. The van der Waals surface area contributed by atoms with Crippen LogP contribution in [0.3, 0.4) is 0 Å². The van der Waals surface area contributed by atoms with Gasteiger partial charge in [-0.25, -0.2) is 4.98 Å². The largest absolute Gasteiger partial charge is 0.382 e. The fraction of sp³-hybridized carbons (Fsp3) is 0.300. The Labute approximate surface area is 92.2 Å². The van der Waals surface area contributed by atoms with Crippen molar-refractivity contribution < 1.29 is 9.59 Å². The second-order valence-corrected chi connectivity index (χ2v) is 3.58. The van der Waals surface area contributed by atoms with E-state index in [1.165, 1.54) is 0 Å². The van der Waals surface area contributed by atoms with Crippen molar-refractivity contribution in [2.75, 3.05) is 11.1 Å². The van der Waals surface area contributed by atoms with Crippen LogP contribution in [0.5, 0.6) is 0 Å². The van der Waals surface area contributed by atoms with Gasteiger partial charge in [0.15, 0.2) is 0 Å². The number of imide groups is 1. The second kappa shape index (κ2) is 4.18. The average Bonchev–Trinajstić information content (AvgIpc) is 2.25. The first-order valence-electron chi connectivity index (χ1n) is 4.97. The van der Waals surface area contributed by atoms with Crippen molar-refractivity contribution in [2.24, 2.45) is 0 Å². The molecule has 1 fully saturated rings. The molecule has 1 unspecified atom stereocenters. The Bertz CT molecular complexity index is 433. The van der Waals surface area contributed by atoms with E-state index in [0.29, 0.717) is 24.3 Å². The van der Waals surface area contributed by atoms with Crippen LogP contribution in [0.2, 0.25) is 0 Å². The third kappa shape index (κ3) is 2.10. The van der Waals surface area contributed by atoms with Gasteiger partial charge in [-0.05, 0) is 18.6 Å². The number of hydrogen-bond donors (Lipinski definition) is 3. The summed E-state index contributed by atoms with van der Waals surface area (Å²) in [5.74, 6) is -0.214. The number of nitrogens with one attached hydrogen (secondary N) is 2. The molecule has 2 amide bonds. The SMILES string of the molecule is Nc1ncccc1NC1CCC(=O)NC1=O. The van der Waals surface area contributed by atoms with Crippen molar-refractivity contribution in [3.05, 3.63) is 18.3 Å². The molecule has 0 radical (unpaired) electrons. The number of pyridine rings is 1. The molecule has 6 nitrogen and oxygen atoms in total. The molecule has 0 aromatic carbocycles. The van der Waals surface area contributed by atoms with Crippen LogP contribution in [0.4, 0.5) is 11.5 Å². The van der Waals surface area contributed by atoms with Gasteiger partial charge in [0.25, 0.3) is 0 Å². The zero-order chi connectivity index (χ0) is 11.5. The summed E-state index contributed by atoms with van der Waals surface area (Å²) in [5, 5.41) is 5.24. The molecule has 2 heterocycles. The third-order valence-corrected chi connectivity index (χ3v) is 2.41. The molecule has 1 atom stereocenters. The number of anilines is 2. The minimum absolute atomic E-state index is 0.234. The Hall–Kier alpha value is -2.11. The second-order valence-electron chi connectivity index (χ2n) is 3.58. The highest BCUT2D eigenvalue weighted by atomic mass is 16.2. The summed E-state index contributed by atoms with van der Waals surface area (Å²) in [7, 11) is 0. The molecule has 0 bridgehead atoms. The molecule has 6 heteroatoms. The van der Waals surface area contributed by atoms with E-state index in [9.17, 15) is 9.59 Å². The minimum atomic E-state index is -0.427. The maximum absolute atomic E-state index is 11.5. The zero-order valence-corrected chi connectivity index (χ0v) is 8.56. The normalized spacial score (nSPS) is 20.4. The van der Waals surface area contributed by atoms with Crippen molar-refractivity contribution >= 4 is 23.3 Å².